The molecule has 29 heavy (non-hydrogen) atoms. The number of hydrogen-bond acceptors (Lipinski definition) is 4. The minimum atomic E-state index is -0.152. The Morgan fingerprint density at radius 1 is 1.17 bits per heavy atom. The zero-order valence-electron chi connectivity index (χ0n) is 16.2. The molecule has 1 atom stereocenters. The minimum absolute atomic E-state index is 0.0512. The average Bonchev–Trinajstić information content (AvgIpc) is 3.49. The van der Waals surface area contributed by atoms with Crippen LogP contribution >= 0.6 is 23.4 Å². The molecule has 0 bridgehead atoms. The number of nitrogens with one attached hydrogen (secondary N) is 1. The fourth-order valence-corrected chi connectivity index (χ4v) is 4.34. The van der Waals surface area contributed by atoms with Crippen LogP contribution < -0.4 is 5.32 Å². The number of rotatable bonds is 8. The van der Waals surface area contributed by atoms with Crippen LogP contribution in [0.2, 0.25) is 5.02 Å². The van der Waals surface area contributed by atoms with Crippen LogP contribution in [0.5, 0.6) is 0 Å². The molecule has 1 aliphatic rings. The molecule has 0 saturated heterocycles. The first kappa shape index (κ1) is 20.0. The highest BCUT2D eigenvalue weighted by atomic mass is 35.5. The largest absolute Gasteiger partial charge is 0.349 e. The maximum atomic E-state index is 12.5. The number of nitrogens with zero attached hydrogens (tertiary/aromatic N) is 3. The smallest absolute Gasteiger partial charge is 0.230 e. The standard InChI is InChI=1S/C22H23ClN4OS/c1-15(18-9-5-6-10-19(18)23)24-20(28)14-29-22-26-25-21(17-11-12-17)27(22)13-16-7-3-2-4-8-16/h2-10,15,17H,11-14H2,1H3,(H,24,28)/t15-/m0/s1. The van der Waals surface area contributed by atoms with Crippen LogP contribution in [0.4, 0.5) is 0 Å². The second-order valence-corrected chi connectivity index (χ2v) is 8.64. The quantitative estimate of drug-likeness (QED) is 0.524. The van der Waals surface area contributed by atoms with E-state index in [0.717, 1.165) is 35.9 Å². The lowest BCUT2D eigenvalue weighted by Gasteiger charge is -2.15. The number of hydrogen-bond donors (Lipinski definition) is 1. The molecule has 2 aromatic carbocycles. The lowest BCUT2D eigenvalue weighted by Crippen LogP contribution is -2.28. The van der Waals surface area contributed by atoms with E-state index in [-0.39, 0.29) is 17.7 Å². The van der Waals surface area contributed by atoms with Crippen LogP contribution in [-0.4, -0.2) is 26.4 Å². The molecule has 1 heterocycles. The molecule has 1 fully saturated rings. The molecule has 150 valence electrons. The molecule has 1 aromatic heterocycles. The first-order valence-electron chi connectivity index (χ1n) is 9.75. The molecule has 1 aliphatic carbocycles. The van der Waals surface area contributed by atoms with Crippen molar-refractivity contribution in [3.63, 3.8) is 0 Å². The van der Waals surface area contributed by atoms with Gasteiger partial charge in [-0.25, -0.2) is 0 Å². The summed E-state index contributed by atoms with van der Waals surface area (Å²) in [5.74, 6) is 1.76. The van der Waals surface area contributed by atoms with E-state index >= 15 is 0 Å². The fraction of sp³-hybridized carbons (Fsp3) is 0.318. The number of amides is 1. The molecule has 1 saturated carbocycles. The van der Waals surface area contributed by atoms with E-state index in [2.05, 4.69) is 32.2 Å². The van der Waals surface area contributed by atoms with Crippen LogP contribution in [0.3, 0.4) is 0 Å². The molecule has 4 rings (SSSR count). The predicted molar refractivity (Wildman–Crippen MR) is 116 cm³/mol. The van der Waals surface area contributed by atoms with Gasteiger partial charge in [-0.2, -0.15) is 0 Å². The van der Waals surface area contributed by atoms with Gasteiger partial charge >= 0.3 is 0 Å². The maximum absolute atomic E-state index is 12.5. The Labute approximate surface area is 179 Å². The van der Waals surface area contributed by atoms with Gasteiger partial charge in [0, 0.05) is 10.9 Å². The summed E-state index contributed by atoms with van der Waals surface area (Å²) in [6.07, 6.45) is 2.32. The highest BCUT2D eigenvalue weighted by Crippen LogP contribution is 2.40. The Balaban J connectivity index is 1.41. The van der Waals surface area contributed by atoms with Gasteiger partial charge in [0.1, 0.15) is 5.82 Å². The van der Waals surface area contributed by atoms with Crippen LogP contribution in [0.15, 0.2) is 59.8 Å². The Morgan fingerprint density at radius 3 is 2.62 bits per heavy atom. The van der Waals surface area contributed by atoms with Crippen molar-refractivity contribution in [1.82, 2.24) is 20.1 Å². The Morgan fingerprint density at radius 2 is 1.90 bits per heavy atom. The molecule has 1 amide bonds. The normalized spacial score (nSPS) is 14.6. The van der Waals surface area contributed by atoms with Crippen molar-refractivity contribution in [2.45, 2.75) is 43.4 Å². The van der Waals surface area contributed by atoms with E-state index in [9.17, 15) is 4.79 Å². The third-order valence-corrected chi connectivity index (χ3v) is 6.26. The van der Waals surface area contributed by atoms with Crippen molar-refractivity contribution in [2.24, 2.45) is 0 Å². The molecular weight excluding hydrogens is 404 g/mol. The number of thioether (sulfide) groups is 1. The van der Waals surface area contributed by atoms with E-state index in [0.29, 0.717) is 10.9 Å². The lowest BCUT2D eigenvalue weighted by atomic mass is 10.1. The van der Waals surface area contributed by atoms with Crippen LogP contribution in [0, 0.1) is 0 Å². The van der Waals surface area contributed by atoms with Crippen molar-refractivity contribution in [3.05, 3.63) is 76.6 Å². The van der Waals surface area contributed by atoms with Gasteiger partial charge < -0.3 is 9.88 Å². The van der Waals surface area contributed by atoms with E-state index < -0.39 is 0 Å². The zero-order valence-corrected chi connectivity index (χ0v) is 17.8. The summed E-state index contributed by atoms with van der Waals surface area (Å²) in [6, 6.07) is 17.7. The molecule has 1 N–H and O–H groups in total. The van der Waals surface area contributed by atoms with Crippen molar-refractivity contribution in [1.29, 1.82) is 0 Å². The Kier molecular flexibility index (Phi) is 6.21. The summed E-state index contributed by atoms with van der Waals surface area (Å²) in [7, 11) is 0. The Hall–Kier alpha value is -2.31. The molecule has 0 unspecified atom stereocenters. The van der Waals surface area contributed by atoms with Gasteiger partial charge in [0.05, 0.1) is 18.3 Å². The number of benzene rings is 2. The van der Waals surface area contributed by atoms with Gasteiger partial charge in [0.2, 0.25) is 5.91 Å². The first-order valence-corrected chi connectivity index (χ1v) is 11.1. The van der Waals surface area contributed by atoms with E-state index in [4.69, 9.17) is 11.6 Å². The minimum Gasteiger partial charge on any atom is -0.349 e. The third kappa shape index (κ3) is 5.00. The maximum Gasteiger partial charge on any atom is 0.230 e. The van der Waals surface area contributed by atoms with E-state index in [1.165, 1.54) is 17.3 Å². The van der Waals surface area contributed by atoms with Gasteiger partial charge in [-0.15, -0.1) is 10.2 Å². The van der Waals surface area contributed by atoms with Gasteiger partial charge in [0.25, 0.3) is 0 Å². The highest BCUT2D eigenvalue weighted by Gasteiger charge is 2.30. The van der Waals surface area contributed by atoms with E-state index in [1.807, 2.05) is 49.4 Å². The lowest BCUT2D eigenvalue weighted by molar-refractivity contribution is -0.119. The van der Waals surface area contributed by atoms with Gasteiger partial charge in [-0.05, 0) is 37.0 Å². The second-order valence-electron chi connectivity index (χ2n) is 7.29. The predicted octanol–water partition coefficient (Wildman–Crippen LogP) is 4.83. The van der Waals surface area contributed by atoms with Crippen LogP contribution in [0.25, 0.3) is 0 Å². The summed E-state index contributed by atoms with van der Waals surface area (Å²) < 4.78 is 2.16. The average molecular weight is 427 g/mol. The Bertz CT molecular complexity index is 987. The van der Waals surface area contributed by atoms with Gasteiger partial charge in [0.15, 0.2) is 5.16 Å². The number of carbonyl (C=O) groups excluding carboxylic acids is 1. The van der Waals surface area contributed by atoms with Gasteiger partial charge in [-0.3, -0.25) is 4.79 Å². The van der Waals surface area contributed by atoms with Crippen molar-refractivity contribution in [3.8, 4) is 0 Å². The SMILES string of the molecule is C[C@H](NC(=O)CSc1nnc(C2CC2)n1Cc1ccccc1)c1ccccc1Cl. The van der Waals surface area contributed by atoms with Gasteiger partial charge in [-0.1, -0.05) is 71.9 Å². The summed E-state index contributed by atoms with van der Waals surface area (Å²) in [5.41, 5.74) is 2.11. The molecule has 3 aromatic rings. The molecule has 0 radical (unpaired) electrons. The summed E-state index contributed by atoms with van der Waals surface area (Å²) in [5, 5.41) is 13.2. The monoisotopic (exact) mass is 426 g/mol. The zero-order chi connectivity index (χ0) is 20.2. The van der Waals surface area contributed by atoms with Crippen LogP contribution in [-0.2, 0) is 11.3 Å². The van der Waals surface area contributed by atoms with Crippen molar-refractivity contribution >= 4 is 29.3 Å². The molecule has 7 heteroatoms. The van der Waals surface area contributed by atoms with Crippen molar-refractivity contribution < 1.29 is 4.79 Å². The number of halogens is 1. The fourth-order valence-electron chi connectivity index (χ4n) is 3.28. The topological polar surface area (TPSA) is 59.8 Å². The molecule has 5 nitrogen and oxygen atoms in total. The molecular formula is C22H23ClN4OS. The molecule has 0 aliphatic heterocycles. The summed E-state index contributed by atoms with van der Waals surface area (Å²) in [4.78, 5) is 12.5. The summed E-state index contributed by atoms with van der Waals surface area (Å²) >= 11 is 7.66. The number of carbonyl (C=O) groups is 1. The first-order chi connectivity index (χ1) is 14.1. The summed E-state index contributed by atoms with van der Waals surface area (Å²) in [6.45, 7) is 2.66. The third-order valence-electron chi connectivity index (χ3n) is 4.95. The highest BCUT2D eigenvalue weighted by molar-refractivity contribution is 7.99. The van der Waals surface area contributed by atoms with Crippen molar-refractivity contribution in [2.75, 3.05) is 5.75 Å². The second kappa shape index (κ2) is 9.01. The van der Waals surface area contributed by atoms with Crippen LogP contribution in [0.1, 0.15) is 48.7 Å². The number of aromatic nitrogens is 3. The van der Waals surface area contributed by atoms with E-state index in [1.54, 1.807) is 0 Å². The molecule has 0 spiro atoms.